The predicted octanol–water partition coefficient (Wildman–Crippen LogP) is 3.51. The van der Waals surface area contributed by atoms with E-state index in [1.807, 2.05) is 0 Å². The van der Waals surface area contributed by atoms with Crippen LogP contribution in [-0.4, -0.2) is 16.6 Å². The van der Waals surface area contributed by atoms with E-state index in [9.17, 15) is 8.78 Å². The quantitative estimate of drug-likeness (QED) is 0.783. The van der Waals surface area contributed by atoms with Gasteiger partial charge in [0.05, 0.1) is 0 Å². The van der Waals surface area contributed by atoms with E-state index >= 15 is 0 Å². The number of benzene rings is 2. The van der Waals surface area contributed by atoms with Crippen LogP contribution in [0.25, 0.3) is 0 Å². The van der Waals surface area contributed by atoms with E-state index in [1.54, 1.807) is 24.3 Å². The van der Waals surface area contributed by atoms with E-state index in [0.717, 1.165) is 10.4 Å². The van der Waals surface area contributed by atoms with Crippen LogP contribution in [0.3, 0.4) is 0 Å². The lowest BCUT2D eigenvalue weighted by Gasteiger charge is -2.35. The summed E-state index contributed by atoms with van der Waals surface area (Å²) in [5, 5.41) is 2.00. The van der Waals surface area contributed by atoms with Gasteiger partial charge in [-0.05, 0) is 60.8 Å². The van der Waals surface area contributed by atoms with E-state index in [2.05, 4.69) is 26.2 Å². The summed E-state index contributed by atoms with van der Waals surface area (Å²) in [6.45, 7) is 8.48. The predicted molar refractivity (Wildman–Crippen MR) is 88.1 cm³/mol. The molecule has 0 spiro atoms. The maximum atomic E-state index is 13.2. The highest BCUT2D eigenvalue weighted by molar-refractivity contribution is 7.01. The molecule has 1 nitrogen and oxygen atoms in total. The number of halogens is 2. The van der Waals surface area contributed by atoms with Crippen molar-refractivity contribution in [3.63, 3.8) is 0 Å². The number of rotatable bonds is 4. The first kappa shape index (κ1) is 16.1. The summed E-state index contributed by atoms with van der Waals surface area (Å²) < 4.78 is 32.9. The highest BCUT2D eigenvalue weighted by atomic mass is 28.4. The molecule has 5 heteroatoms. The fraction of sp³-hybridized carbons (Fsp3) is 0.250. The molecule has 2 aromatic rings. The van der Waals surface area contributed by atoms with Gasteiger partial charge in [0, 0.05) is 0 Å². The second kappa shape index (κ2) is 5.83. The van der Waals surface area contributed by atoms with Gasteiger partial charge >= 0.3 is 0 Å². The maximum Gasteiger partial charge on any atom is 0.241 e. The van der Waals surface area contributed by atoms with Crippen LogP contribution in [0.5, 0.6) is 0 Å². The molecule has 0 aliphatic carbocycles. The lowest BCUT2D eigenvalue weighted by Crippen LogP contribution is -2.62. The third kappa shape index (κ3) is 3.87. The molecule has 112 valence electrons. The topological polar surface area (TPSA) is 9.23 Å². The summed E-state index contributed by atoms with van der Waals surface area (Å²) in [6.07, 6.45) is 0. The van der Waals surface area contributed by atoms with Crippen molar-refractivity contribution >= 4 is 27.0 Å². The second-order valence-electron chi connectivity index (χ2n) is 6.26. The van der Waals surface area contributed by atoms with Gasteiger partial charge in [0.2, 0.25) is 8.32 Å². The molecule has 0 bridgehead atoms. The lowest BCUT2D eigenvalue weighted by atomic mass is 10.3. The van der Waals surface area contributed by atoms with Gasteiger partial charge in [-0.25, -0.2) is 8.78 Å². The Labute approximate surface area is 126 Å². The van der Waals surface area contributed by atoms with E-state index in [4.69, 9.17) is 4.12 Å². The van der Waals surface area contributed by atoms with Gasteiger partial charge in [0.15, 0.2) is 8.32 Å². The first-order valence-electron chi connectivity index (χ1n) is 6.93. The average Bonchev–Trinajstić information content (AvgIpc) is 2.38. The summed E-state index contributed by atoms with van der Waals surface area (Å²) in [7, 11) is -4.27. The smallest absolute Gasteiger partial charge is 0.241 e. The molecule has 0 radical (unpaired) electrons. The Bertz CT molecular complexity index is 558. The van der Waals surface area contributed by atoms with Gasteiger partial charge in [-0.2, -0.15) is 0 Å². The fourth-order valence-corrected chi connectivity index (χ4v) is 10.2. The number of hydrogen-bond acceptors (Lipinski definition) is 1. The van der Waals surface area contributed by atoms with E-state index in [-0.39, 0.29) is 11.6 Å². The summed E-state index contributed by atoms with van der Waals surface area (Å²) >= 11 is 0. The zero-order valence-electron chi connectivity index (χ0n) is 12.8. The van der Waals surface area contributed by atoms with Crippen molar-refractivity contribution in [2.45, 2.75) is 26.2 Å². The monoisotopic (exact) mass is 322 g/mol. The summed E-state index contributed by atoms with van der Waals surface area (Å²) in [4.78, 5) is 0. The van der Waals surface area contributed by atoms with Crippen molar-refractivity contribution in [1.29, 1.82) is 0 Å². The second-order valence-corrected chi connectivity index (χ2v) is 14.5. The minimum atomic E-state index is -2.45. The molecule has 0 fully saturated rings. The summed E-state index contributed by atoms with van der Waals surface area (Å²) in [5.41, 5.74) is 0. The van der Waals surface area contributed by atoms with Crippen LogP contribution in [0.4, 0.5) is 8.78 Å². The van der Waals surface area contributed by atoms with E-state index < -0.39 is 16.6 Å². The molecule has 0 unspecified atom stereocenters. The average molecular weight is 323 g/mol. The van der Waals surface area contributed by atoms with Crippen LogP contribution in [0.15, 0.2) is 48.5 Å². The molecule has 21 heavy (non-hydrogen) atoms. The Kier molecular flexibility index (Phi) is 4.46. The standard InChI is InChI=1S/C16H20F2OSi2/c1-20(2,3)19-21(4,15-9-5-13(17)6-10-15)16-11-7-14(18)8-12-16/h5-12H,1-4H3. The van der Waals surface area contributed by atoms with Gasteiger partial charge in [0.1, 0.15) is 11.6 Å². The van der Waals surface area contributed by atoms with Gasteiger partial charge in [-0.3, -0.25) is 0 Å². The Balaban J connectivity index is 2.53. The first-order valence-corrected chi connectivity index (χ1v) is 12.7. The van der Waals surface area contributed by atoms with Crippen molar-refractivity contribution in [3.8, 4) is 0 Å². The van der Waals surface area contributed by atoms with Gasteiger partial charge < -0.3 is 4.12 Å². The van der Waals surface area contributed by atoms with Gasteiger partial charge in [0.25, 0.3) is 0 Å². The van der Waals surface area contributed by atoms with Crippen LogP contribution >= 0.6 is 0 Å². The summed E-state index contributed by atoms with van der Waals surface area (Å²) in [5.74, 6) is -0.524. The molecule has 0 N–H and O–H groups in total. The third-order valence-electron chi connectivity index (χ3n) is 3.30. The normalized spacial score (nSPS) is 12.5. The van der Waals surface area contributed by atoms with Crippen molar-refractivity contribution < 1.29 is 12.9 Å². The molecule has 0 aliphatic rings. The van der Waals surface area contributed by atoms with Crippen LogP contribution in [-0.2, 0) is 4.12 Å². The Hall–Kier alpha value is -1.31. The van der Waals surface area contributed by atoms with Gasteiger partial charge in [-0.1, -0.05) is 24.3 Å². The first-order chi connectivity index (χ1) is 9.71. The molecule has 0 atom stereocenters. The molecule has 0 saturated heterocycles. The zero-order chi connectivity index (χ0) is 15.7. The van der Waals surface area contributed by atoms with Crippen molar-refractivity contribution in [2.75, 3.05) is 0 Å². The molecular formula is C16H20F2OSi2. The minimum absolute atomic E-state index is 0.262. The molecule has 2 aromatic carbocycles. The zero-order valence-corrected chi connectivity index (χ0v) is 14.8. The van der Waals surface area contributed by atoms with Crippen LogP contribution in [0, 0.1) is 11.6 Å². The highest BCUT2D eigenvalue weighted by Gasteiger charge is 2.38. The fourth-order valence-electron chi connectivity index (χ4n) is 2.43. The molecule has 0 aliphatic heterocycles. The van der Waals surface area contributed by atoms with E-state index in [1.165, 1.54) is 24.3 Å². The number of hydrogen-bond donors (Lipinski definition) is 0. The van der Waals surface area contributed by atoms with Crippen molar-refractivity contribution in [2.24, 2.45) is 0 Å². The van der Waals surface area contributed by atoms with Crippen LogP contribution in [0.1, 0.15) is 0 Å². The third-order valence-corrected chi connectivity index (χ3v) is 10.3. The van der Waals surface area contributed by atoms with Crippen molar-refractivity contribution in [1.82, 2.24) is 0 Å². The Morgan fingerprint density at radius 3 is 1.29 bits per heavy atom. The maximum absolute atomic E-state index is 13.2. The molecular weight excluding hydrogens is 302 g/mol. The van der Waals surface area contributed by atoms with Crippen LogP contribution in [0.2, 0.25) is 26.2 Å². The Morgan fingerprint density at radius 1 is 0.667 bits per heavy atom. The summed E-state index contributed by atoms with van der Waals surface area (Å²) in [6, 6.07) is 13.0. The Morgan fingerprint density at radius 2 is 1.00 bits per heavy atom. The molecule has 2 rings (SSSR count). The minimum Gasteiger partial charge on any atom is -0.449 e. The SMILES string of the molecule is C[Si](C)(C)O[Si](C)(c1ccc(F)cc1)c1ccc(F)cc1. The molecule has 0 heterocycles. The molecule has 0 aromatic heterocycles. The van der Waals surface area contributed by atoms with Crippen molar-refractivity contribution in [3.05, 3.63) is 60.2 Å². The highest BCUT2D eigenvalue weighted by Crippen LogP contribution is 2.16. The molecule has 0 saturated carbocycles. The lowest BCUT2D eigenvalue weighted by molar-refractivity contribution is 0.572. The van der Waals surface area contributed by atoms with Gasteiger partial charge in [-0.15, -0.1) is 0 Å². The van der Waals surface area contributed by atoms with Crippen LogP contribution < -0.4 is 10.4 Å². The largest absolute Gasteiger partial charge is 0.449 e. The molecule has 0 amide bonds. The van der Waals surface area contributed by atoms with E-state index in [0.29, 0.717) is 0 Å².